The summed E-state index contributed by atoms with van der Waals surface area (Å²) >= 11 is 6.19. The number of ether oxygens (including phenoxy) is 1. The average molecular weight is 539 g/mol. The molecule has 4 aromatic rings. The van der Waals surface area contributed by atoms with E-state index in [2.05, 4.69) is 30.8 Å². The van der Waals surface area contributed by atoms with Crippen molar-refractivity contribution in [2.45, 2.75) is 0 Å². The van der Waals surface area contributed by atoms with E-state index in [1.54, 1.807) is 24.3 Å². The van der Waals surface area contributed by atoms with Gasteiger partial charge >= 0.3 is 0 Å². The van der Waals surface area contributed by atoms with Crippen molar-refractivity contribution in [3.8, 4) is 11.3 Å². The molecule has 38 heavy (non-hydrogen) atoms. The lowest BCUT2D eigenvalue weighted by Crippen LogP contribution is -2.37. The van der Waals surface area contributed by atoms with E-state index in [9.17, 15) is 14.5 Å². The standard InChI is InChI=1S/C24H20ClFN8O4/c25-20-13-17(34(35)36)5-7-19(20)21-8-6-18(38-21)14-27-32-23-29-22(28-16-3-1-15(26)2-4-16)30-24(31-23)33-9-11-37-12-10-33/h1-8,13-14H,9-12H2,(H2,28,29,30,31,32)/b27-14-. The predicted octanol–water partition coefficient (Wildman–Crippen LogP) is 4.86. The molecule has 3 heterocycles. The predicted molar refractivity (Wildman–Crippen MR) is 140 cm³/mol. The van der Waals surface area contributed by atoms with Crippen LogP contribution in [0.4, 0.5) is 33.6 Å². The SMILES string of the molecule is O=[N+]([O-])c1ccc(-c2ccc(/C=N\Nc3nc(Nc4ccc(F)cc4)nc(N4CCOCC4)n3)o2)c(Cl)c1. The molecule has 12 nitrogen and oxygen atoms in total. The van der Waals surface area contributed by atoms with Gasteiger partial charge in [0.1, 0.15) is 17.3 Å². The topological polar surface area (TPSA) is 144 Å². The van der Waals surface area contributed by atoms with Crippen molar-refractivity contribution in [2.75, 3.05) is 41.9 Å². The van der Waals surface area contributed by atoms with Crippen molar-refractivity contribution in [1.29, 1.82) is 0 Å². The number of nitro groups is 1. The first kappa shape index (κ1) is 25.0. The molecule has 0 atom stereocenters. The molecule has 0 unspecified atom stereocenters. The van der Waals surface area contributed by atoms with Crippen LogP contribution >= 0.6 is 11.6 Å². The Kier molecular flexibility index (Phi) is 7.38. The maximum Gasteiger partial charge on any atom is 0.270 e. The van der Waals surface area contributed by atoms with Crippen molar-refractivity contribution in [3.63, 3.8) is 0 Å². The van der Waals surface area contributed by atoms with E-state index < -0.39 is 4.92 Å². The van der Waals surface area contributed by atoms with E-state index in [0.29, 0.717) is 55.0 Å². The summed E-state index contributed by atoms with van der Waals surface area (Å²) < 4.78 is 24.5. The Hall–Kier alpha value is -4.62. The Balaban J connectivity index is 1.33. The van der Waals surface area contributed by atoms with Gasteiger partial charge in [0.2, 0.25) is 17.8 Å². The van der Waals surface area contributed by atoms with Gasteiger partial charge in [0, 0.05) is 36.5 Å². The number of hydrazone groups is 1. The molecule has 1 aliphatic heterocycles. The van der Waals surface area contributed by atoms with E-state index in [0.717, 1.165) is 0 Å². The number of rotatable bonds is 8. The largest absolute Gasteiger partial charge is 0.455 e. The highest BCUT2D eigenvalue weighted by molar-refractivity contribution is 6.33. The summed E-state index contributed by atoms with van der Waals surface area (Å²) in [4.78, 5) is 25.7. The molecule has 194 valence electrons. The van der Waals surface area contributed by atoms with Crippen LogP contribution < -0.4 is 15.6 Å². The lowest BCUT2D eigenvalue weighted by molar-refractivity contribution is -0.384. The molecule has 0 radical (unpaired) electrons. The third kappa shape index (κ3) is 6.02. The van der Waals surface area contributed by atoms with Gasteiger partial charge in [0.15, 0.2) is 0 Å². The Bertz CT molecular complexity index is 1470. The molecule has 2 N–H and O–H groups in total. The van der Waals surface area contributed by atoms with Crippen LogP contribution in [0.25, 0.3) is 11.3 Å². The molecular formula is C24H20ClFN8O4. The second kappa shape index (κ2) is 11.2. The Morgan fingerprint density at radius 3 is 2.55 bits per heavy atom. The third-order valence-electron chi connectivity index (χ3n) is 5.43. The number of furan rings is 1. The number of nitrogens with one attached hydrogen (secondary N) is 2. The fraction of sp³-hybridized carbons (Fsp3) is 0.167. The zero-order valence-corrected chi connectivity index (χ0v) is 20.4. The molecule has 14 heteroatoms. The molecule has 5 rings (SSSR count). The molecule has 0 spiro atoms. The van der Waals surface area contributed by atoms with Crippen LogP contribution in [0.3, 0.4) is 0 Å². The van der Waals surface area contributed by atoms with E-state index in [-0.39, 0.29) is 28.4 Å². The maximum absolute atomic E-state index is 13.3. The van der Waals surface area contributed by atoms with Crippen LogP contribution in [0.1, 0.15) is 5.76 Å². The van der Waals surface area contributed by atoms with Gasteiger partial charge in [-0.1, -0.05) is 11.6 Å². The minimum absolute atomic E-state index is 0.113. The molecular weight excluding hydrogens is 519 g/mol. The van der Waals surface area contributed by atoms with Crippen LogP contribution in [-0.4, -0.2) is 52.4 Å². The van der Waals surface area contributed by atoms with E-state index >= 15 is 0 Å². The number of non-ortho nitro benzene ring substituents is 1. The zero-order chi connectivity index (χ0) is 26.5. The van der Waals surface area contributed by atoms with Gasteiger partial charge in [-0.25, -0.2) is 9.82 Å². The number of halogens is 2. The van der Waals surface area contributed by atoms with Gasteiger partial charge in [-0.15, -0.1) is 0 Å². The summed E-state index contributed by atoms with van der Waals surface area (Å²) in [6.07, 6.45) is 1.42. The van der Waals surface area contributed by atoms with Gasteiger partial charge in [0.05, 0.1) is 29.4 Å². The number of anilines is 4. The van der Waals surface area contributed by atoms with Crippen molar-refractivity contribution in [3.05, 3.63) is 81.3 Å². The molecule has 0 aliphatic carbocycles. The van der Waals surface area contributed by atoms with Crippen molar-refractivity contribution < 1.29 is 18.5 Å². The highest BCUT2D eigenvalue weighted by Crippen LogP contribution is 2.32. The highest BCUT2D eigenvalue weighted by Gasteiger charge is 2.17. The van der Waals surface area contributed by atoms with E-state index in [1.807, 2.05) is 4.90 Å². The minimum atomic E-state index is -0.520. The normalized spacial score (nSPS) is 13.6. The summed E-state index contributed by atoms with van der Waals surface area (Å²) in [5.74, 6) is 1.32. The Morgan fingerprint density at radius 2 is 1.82 bits per heavy atom. The van der Waals surface area contributed by atoms with Crippen LogP contribution in [0, 0.1) is 15.9 Å². The molecule has 1 fully saturated rings. The smallest absolute Gasteiger partial charge is 0.270 e. The monoisotopic (exact) mass is 538 g/mol. The summed E-state index contributed by atoms with van der Waals surface area (Å²) in [6, 6.07) is 13.3. The van der Waals surface area contributed by atoms with Crippen LogP contribution in [0.2, 0.25) is 5.02 Å². The Labute approximate surface area is 220 Å². The van der Waals surface area contributed by atoms with Gasteiger partial charge < -0.3 is 19.4 Å². The second-order valence-corrected chi connectivity index (χ2v) is 8.41. The summed E-state index contributed by atoms with van der Waals surface area (Å²) in [5, 5.41) is 18.3. The van der Waals surface area contributed by atoms with Crippen LogP contribution in [0.5, 0.6) is 0 Å². The molecule has 2 aromatic carbocycles. The number of aromatic nitrogens is 3. The number of hydrogen-bond donors (Lipinski definition) is 2. The van der Waals surface area contributed by atoms with Crippen LogP contribution in [-0.2, 0) is 4.74 Å². The van der Waals surface area contributed by atoms with Crippen molar-refractivity contribution in [2.24, 2.45) is 5.10 Å². The number of nitro benzene ring substituents is 1. The second-order valence-electron chi connectivity index (χ2n) is 8.01. The third-order valence-corrected chi connectivity index (χ3v) is 5.74. The van der Waals surface area contributed by atoms with Crippen molar-refractivity contribution in [1.82, 2.24) is 15.0 Å². The number of morpholine rings is 1. The first-order valence-corrected chi connectivity index (χ1v) is 11.8. The quantitative estimate of drug-likeness (QED) is 0.181. The number of benzene rings is 2. The molecule has 1 saturated heterocycles. The first-order valence-electron chi connectivity index (χ1n) is 11.4. The number of hydrogen-bond acceptors (Lipinski definition) is 11. The summed E-state index contributed by atoms with van der Waals surface area (Å²) in [5.41, 5.74) is 3.78. The van der Waals surface area contributed by atoms with E-state index in [4.69, 9.17) is 20.8 Å². The Morgan fingerprint density at radius 1 is 1.05 bits per heavy atom. The fourth-order valence-electron chi connectivity index (χ4n) is 3.58. The first-order chi connectivity index (χ1) is 18.4. The van der Waals surface area contributed by atoms with Crippen molar-refractivity contribution >= 4 is 47.0 Å². The van der Waals surface area contributed by atoms with Gasteiger partial charge in [-0.05, 0) is 42.5 Å². The highest BCUT2D eigenvalue weighted by atomic mass is 35.5. The lowest BCUT2D eigenvalue weighted by Gasteiger charge is -2.27. The van der Waals surface area contributed by atoms with Gasteiger partial charge in [0.25, 0.3) is 5.69 Å². The fourth-order valence-corrected chi connectivity index (χ4v) is 3.84. The molecule has 0 saturated carbocycles. The lowest BCUT2D eigenvalue weighted by atomic mass is 10.1. The van der Waals surface area contributed by atoms with E-state index in [1.165, 1.54) is 36.5 Å². The average Bonchev–Trinajstić information content (AvgIpc) is 3.39. The van der Waals surface area contributed by atoms with Crippen LogP contribution in [0.15, 0.2) is 64.1 Å². The maximum atomic E-state index is 13.3. The molecule has 1 aliphatic rings. The van der Waals surface area contributed by atoms with Gasteiger partial charge in [-0.2, -0.15) is 20.1 Å². The molecule has 0 amide bonds. The summed E-state index contributed by atoms with van der Waals surface area (Å²) in [7, 11) is 0. The molecule has 0 bridgehead atoms. The summed E-state index contributed by atoms with van der Waals surface area (Å²) in [6.45, 7) is 2.33. The number of nitrogens with zero attached hydrogens (tertiary/aromatic N) is 6. The minimum Gasteiger partial charge on any atom is -0.455 e. The molecule has 2 aromatic heterocycles. The zero-order valence-electron chi connectivity index (χ0n) is 19.7. The van der Waals surface area contributed by atoms with Gasteiger partial charge in [-0.3, -0.25) is 10.1 Å².